The summed E-state index contributed by atoms with van der Waals surface area (Å²) in [5.41, 5.74) is 2.23. The number of nitrogens with zero attached hydrogens (tertiary/aromatic N) is 1. The molecule has 0 saturated heterocycles. The molecule has 1 aromatic carbocycles. The summed E-state index contributed by atoms with van der Waals surface area (Å²) in [7, 11) is 1.53. The summed E-state index contributed by atoms with van der Waals surface area (Å²) in [6.07, 6.45) is 1.69. The number of rotatable bonds is 2. The van der Waals surface area contributed by atoms with Gasteiger partial charge < -0.3 is 4.84 Å². The number of halogens is 1. The number of hydrogen-bond donors (Lipinski definition) is 0. The maximum absolute atomic E-state index is 4.60. The predicted octanol–water partition coefficient (Wildman–Crippen LogP) is 3.76. The Hall–Kier alpha value is -0.830. The SMILES string of the molecule is CC.CON=Cc1c(C)cccc1Br. The first-order chi connectivity index (χ1) is 6.75. The van der Waals surface area contributed by atoms with Crippen molar-refractivity contribution in [2.45, 2.75) is 20.8 Å². The van der Waals surface area contributed by atoms with Crippen LogP contribution < -0.4 is 0 Å². The van der Waals surface area contributed by atoms with Crippen molar-refractivity contribution >= 4 is 22.1 Å². The average molecular weight is 258 g/mol. The molecule has 0 saturated carbocycles. The van der Waals surface area contributed by atoms with E-state index in [1.54, 1.807) is 6.21 Å². The summed E-state index contributed by atoms with van der Waals surface area (Å²) in [4.78, 5) is 4.60. The van der Waals surface area contributed by atoms with Gasteiger partial charge in [-0.3, -0.25) is 0 Å². The Labute approximate surface area is 94.1 Å². The number of aryl methyl sites for hydroxylation is 1. The van der Waals surface area contributed by atoms with E-state index in [1.807, 2.05) is 39.0 Å². The molecule has 0 N–H and O–H groups in total. The third-order valence-corrected chi connectivity index (χ3v) is 2.25. The number of oxime groups is 1. The van der Waals surface area contributed by atoms with Gasteiger partial charge in [0, 0.05) is 10.0 Å². The second-order valence-corrected chi connectivity index (χ2v) is 3.24. The van der Waals surface area contributed by atoms with E-state index in [0.29, 0.717) is 0 Å². The molecule has 2 nitrogen and oxygen atoms in total. The second kappa shape index (κ2) is 7.56. The van der Waals surface area contributed by atoms with Gasteiger partial charge in [0.05, 0.1) is 6.21 Å². The average Bonchev–Trinajstić information content (AvgIpc) is 2.20. The molecule has 0 aliphatic carbocycles. The lowest BCUT2D eigenvalue weighted by Crippen LogP contribution is -1.88. The molecule has 78 valence electrons. The Morgan fingerprint density at radius 3 is 2.50 bits per heavy atom. The molecule has 0 aliphatic rings. The zero-order chi connectivity index (χ0) is 11.0. The van der Waals surface area contributed by atoms with E-state index in [1.165, 1.54) is 12.7 Å². The van der Waals surface area contributed by atoms with E-state index < -0.39 is 0 Å². The van der Waals surface area contributed by atoms with Crippen molar-refractivity contribution in [3.63, 3.8) is 0 Å². The molecular formula is C11H16BrNO. The molecule has 0 unspecified atom stereocenters. The van der Waals surface area contributed by atoms with E-state index in [0.717, 1.165) is 10.0 Å². The molecule has 0 aliphatic heterocycles. The molecule has 0 amide bonds. The van der Waals surface area contributed by atoms with Crippen LogP contribution in [0.4, 0.5) is 0 Å². The summed E-state index contributed by atoms with van der Waals surface area (Å²) in [5, 5.41) is 3.71. The molecular weight excluding hydrogens is 242 g/mol. The number of benzene rings is 1. The van der Waals surface area contributed by atoms with Crippen LogP contribution >= 0.6 is 15.9 Å². The molecule has 0 radical (unpaired) electrons. The van der Waals surface area contributed by atoms with Crippen molar-refractivity contribution in [2.75, 3.05) is 7.11 Å². The van der Waals surface area contributed by atoms with Gasteiger partial charge in [0.2, 0.25) is 0 Å². The summed E-state index contributed by atoms with van der Waals surface area (Å²) in [6, 6.07) is 6.00. The predicted molar refractivity (Wildman–Crippen MR) is 64.8 cm³/mol. The molecule has 0 fully saturated rings. The highest BCUT2D eigenvalue weighted by Crippen LogP contribution is 2.17. The van der Waals surface area contributed by atoms with E-state index in [-0.39, 0.29) is 0 Å². The Kier molecular flexibility index (Phi) is 7.11. The van der Waals surface area contributed by atoms with E-state index in [4.69, 9.17) is 0 Å². The zero-order valence-corrected chi connectivity index (χ0v) is 10.6. The van der Waals surface area contributed by atoms with Crippen LogP contribution in [-0.2, 0) is 4.84 Å². The van der Waals surface area contributed by atoms with Gasteiger partial charge in [0.25, 0.3) is 0 Å². The van der Waals surface area contributed by atoms with Gasteiger partial charge in [-0.1, -0.05) is 47.1 Å². The Balaban J connectivity index is 0.000000791. The van der Waals surface area contributed by atoms with Gasteiger partial charge >= 0.3 is 0 Å². The van der Waals surface area contributed by atoms with Gasteiger partial charge in [0.1, 0.15) is 7.11 Å². The van der Waals surface area contributed by atoms with Crippen molar-refractivity contribution in [2.24, 2.45) is 5.16 Å². The first kappa shape index (κ1) is 13.2. The molecule has 0 bridgehead atoms. The standard InChI is InChI=1S/C9H10BrNO.C2H6/c1-7-4-3-5-9(10)8(7)6-11-12-2;1-2/h3-6H,1-2H3;1-2H3. The van der Waals surface area contributed by atoms with Crippen LogP contribution in [0.2, 0.25) is 0 Å². The van der Waals surface area contributed by atoms with Crippen molar-refractivity contribution in [1.29, 1.82) is 0 Å². The van der Waals surface area contributed by atoms with Gasteiger partial charge in [-0.15, -0.1) is 0 Å². The maximum Gasteiger partial charge on any atom is 0.106 e. The monoisotopic (exact) mass is 257 g/mol. The molecule has 1 rings (SSSR count). The molecule has 0 spiro atoms. The highest BCUT2D eigenvalue weighted by atomic mass is 79.9. The largest absolute Gasteiger partial charge is 0.399 e. The second-order valence-electron chi connectivity index (χ2n) is 2.39. The van der Waals surface area contributed by atoms with Crippen LogP contribution in [0.25, 0.3) is 0 Å². The molecule has 3 heteroatoms. The normalized spacial score (nSPS) is 9.50. The lowest BCUT2D eigenvalue weighted by Gasteiger charge is -2.00. The quantitative estimate of drug-likeness (QED) is 0.584. The van der Waals surface area contributed by atoms with Gasteiger partial charge in [-0.05, 0) is 18.6 Å². The van der Waals surface area contributed by atoms with Crippen LogP contribution in [0.5, 0.6) is 0 Å². The topological polar surface area (TPSA) is 21.6 Å². The summed E-state index contributed by atoms with van der Waals surface area (Å²) in [5.74, 6) is 0. The van der Waals surface area contributed by atoms with Crippen LogP contribution in [0.3, 0.4) is 0 Å². The van der Waals surface area contributed by atoms with Crippen molar-refractivity contribution in [1.82, 2.24) is 0 Å². The van der Waals surface area contributed by atoms with Crippen LogP contribution in [-0.4, -0.2) is 13.3 Å². The first-order valence-electron chi connectivity index (χ1n) is 4.57. The Morgan fingerprint density at radius 1 is 1.36 bits per heavy atom. The fourth-order valence-electron chi connectivity index (χ4n) is 0.914. The molecule has 0 heterocycles. The number of hydrogen-bond acceptors (Lipinski definition) is 2. The minimum Gasteiger partial charge on any atom is -0.399 e. The van der Waals surface area contributed by atoms with Crippen LogP contribution in [0.15, 0.2) is 27.8 Å². The molecule has 0 atom stereocenters. The first-order valence-corrected chi connectivity index (χ1v) is 5.36. The smallest absolute Gasteiger partial charge is 0.106 e. The molecule has 14 heavy (non-hydrogen) atoms. The fraction of sp³-hybridized carbons (Fsp3) is 0.364. The summed E-state index contributed by atoms with van der Waals surface area (Å²) < 4.78 is 1.03. The van der Waals surface area contributed by atoms with E-state index >= 15 is 0 Å². The van der Waals surface area contributed by atoms with E-state index in [9.17, 15) is 0 Å². The summed E-state index contributed by atoms with van der Waals surface area (Å²) >= 11 is 3.43. The van der Waals surface area contributed by atoms with Gasteiger partial charge in [-0.2, -0.15) is 0 Å². The van der Waals surface area contributed by atoms with Crippen molar-refractivity contribution in [3.05, 3.63) is 33.8 Å². The highest BCUT2D eigenvalue weighted by Gasteiger charge is 1.98. The molecule has 0 aromatic heterocycles. The van der Waals surface area contributed by atoms with Crippen LogP contribution in [0, 0.1) is 6.92 Å². The highest BCUT2D eigenvalue weighted by molar-refractivity contribution is 9.10. The fourth-order valence-corrected chi connectivity index (χ4v) is 1.48. The van der Waals surface area contributed by atoms with Crippen LogP contribution in [0.1, 0.15) is 25.0 Å². The Bertz CT molecular complexity index is 277. The third-order valence-electron chi connectivity index (χ3n) is 1.56. The lowest BCUT2D eigenvalue weighted by atomic mass is 10.1. The Morgan fingerprint density at radius 2 is 2.00 bits per heavy atom. The third kappa shape index (κ3) is 3.92. The molecule has 1 aromatic rings. The lowest BCUT2D eigenvalue weighted by molar-refractivity contribution is 0.215. The van der Waals surface area contributed by atoms with Crippen molar-refractivity contribution < 1.29 is 4.84 Å². The van der Waals surface area contributed by atoms with E-state index in [2.05, 4.69) is 25.9 Å². The minimum atomic E-state index is 1.03. The van der Waals surface area contributed by atoms with Gasteiger partial charge in [-0.25, -0.2) is 0 Å². The zero-order valence-electron chi connectivity index (χ0n) is 9.04. The minimum absolute atomic E-state index is 1.03. The summed E-state index contributed by atoms with van der Waals surface area (Å²) in [6.45, 7) is 6.03. The maximum atomic E-state index is 4.60. The van der Waals surface area contributed by atoms with Crippen molar-refractivity contribution in [3.8, 4) is 0 Å². The van der Waals surface area contributed by atoms with Gasteiger partial charge in [0.15, 0.2) is 0 Å².